The van der Waals surface area contributed by atoms with Gasteiger partial charge in [0.25, 0.3) is 0 Å². The van der Waals surface area contributed by atoms with Gasteiger partial charge >= 0.3 is 0 Å². The molecule has 5 heteroatoms. The van der Waals surface area contributed by atoms with E-state index in [1.807, 2.05) is 12.1 Å². The zero-order chi connectivity index (χ0) is 13.0. The smallest absolute Gasteiger partial charge is 0.244 e. The van der Waals surface area contributed by atoms with Gasteiger partial charge in [0, 0.05) is 13.2 Å². The maximum Gasteiger partial charge on any atom is 0.244 e. The van der Waals surface area contributed by atoms with Gasteiger partial charge in [0.15, 0.2) is 0 Å². The number of carbonyl (C=O) groups is 1. The van der Waals surface area contributed by atoms with Crippen LogP contribution in [0.1, 0.15) is 12.8 Å². The molecule has 2 rings (SSSR count). The Labute approximate surface area is 106 Å². The fourth-order valence-electron chi connectivity index (χ4n) is 1.96. The quantitative estimate of drug-likeness (QED) is 0.843. The highest BCUT2D eigenvalue weighted by Crippen LogP contribution is 2.26. The number of carbonyl (C=O) groups excluding carboxylic acids is 1. The molecule has 0 saturated carbocycles. The van der Waals surface area contributed by atoms with E-state index in [0.29, 0.717) is 37.5 Å². The van der Waals surface area contributed by atoms with Crippen molar-refractivity contribution >= 4 is 11.6 Å². The number of anilines is 1. The Morgan fingerprint density at radius 1 is 1.39 bits per heavy atom. The molecule has 1 saturated heterocycles. The van der Waals surface area contributed by atoms with Crippen molar-refractivity contribution in [3.05, 3.63) is 24.3 Å². The van der Waals surface area contributed by atoms with Crippen LogP contribution in [0.4, 0.5) is 5.69 Å². The van der Waals surface area contributed by atoms with Crippen LogP contribution in [-0.2, 0) is 9.53 Å². The highest BCUT2D eigenvalue weighted by atomic mass is 16.5. The van der Waals surface area contributed by atoms with Crippen molar-refractivity contribution in [1.29, 1.82) is 0 Å². The lowest BCUT2D eigenvalue weighted by Crippen LogP contribution is -2.54. The number of benzene rings is 1. The molecule has 0 bridgehead atoms. The average Bonchev–Trinajstić information content (AvgIpc) is 2.40. The van der Waals surface area contributed by atoms with E-state index in [-0.39, 0.29) is 5.91 Å². The van der Waals surface area contributed by atoms with Crippen LogP contribution in [0, 0.1) is 0 Å². The maximum atomic E-state index is 12.2. The van der Waals surface area contributed by atoms with E-state index in [2.05, 4.69) is 5.32 Å². The number of ether oxygens (including phenoxy) is 2. The van der Waals surface area contributed by atoms with Crippen molar-refractivity contribution in [2.75, 3.05) is 25.6 Å². The van der Waals surface area contributed by atoms with Gasteiger partial charge in [-0.15, -0.1) is 0 Å². The third-order valence-corrected chi connectivity index (χ3v) is 3.19. The summed E-state index contributed by atoms with van der Waals surface area (Å²) in [6.45, 7) is 1.05. The van der Waals surface area contributed by atoms with Gasteiger partial charge in [-0.25, -0.2) is 0 Å². The number of methoxy groups -OCH3 is 1. The summed E-state index contributed by atoms with van der Waals surface area (Å²) >= 11 is 0. The number of nitrogens with two attached hydrogens (primary N) is 1. The largest absolute Gasteiger partial charge is 0.495 e. The first-order chi connectivity index (χ1) is 8.65. The maximum absolute atomic E-state index is 12.2. The molecule has 0 spiro atoms. The van der Waals surface area contributed by atoms with Gasteiger partial charge in [-0.3, -0.25) is 4.79 Å². The number of rotatable bonds is 3. The van der Waals surface area contributed by atoms with Crippen molar-refractivity contribution in [2.45, 2.75) is 18.4 Å². The lowest BCUT2D eigenvalue weighted by molar-refractivity contribution is -0.124. The lowest BCUT2D eigenvalue weighted by Gasteiger charge is -2.31. The third-order valence-electron chi connectivity index (χ3n) is 3.19. The summed E-state index contributed by atoms with van der Waals surface area (Å²) < 4.78 is 10.4. The molecule has 1 aromatic rings. The fraction of sp³-hybridized carbons (Fsp3) is 0.462. The highest BCUT2D eigenvalue weighted by molar-refractivity contribution is 5.99. The van der Waals surface area contributed by atoms with Gasteiger partial charge in [-0.2, -0.15) is 0 Å². The Bertz CT molecular complexity index is 428. The molecule has 0 atom stereocenters. The molecule has 1 heterocycles. The molecule has 1 aliphatic heterocycles. The monoisotopic (exact) mass is 250 g/mol. The van der Waals surface area contributed by atoms with Crippen molar-refractivity contribution in [1.82, 2.24) is 0 Å². The first-order valence-corrected chi connectivity index (χ1v) is 5.97. The zero-order valence-corrected chi connectivity index (χ0v) is 10.4. The average molecular weight is 250 g/mol. The molecular weight excluding hydrogens is 232 g/mol. The van der Waals surface area contributed by atoms with Crippen LogP contribution in [0.2, 0.25) is 0 Å². The molecule has 1 aliphatic rings. The third kappa shape index (κ3) is 2.63. The SMILES string of the molecule is COc1ccccc1NC(=O)C1(N)CCOCC1. The molecule has 18 heavy (non-hydrogen) atoms. The summed E-state index contributed by atoms with van der Waals surface area (Å²) in [5.41, 5.74) is 5.90. The van der Waals surface area contributed by atoms with E-state index in [0.717, 1.165) is 0 Å². The molecule has 0 aliphatic carbocycles. The van der Waals surface area contributed by atoms with Crippen LogP contribution in [0.5, 0.6) is 5.75 Å². The predicted molar refractivity (Wildman–Crippen MR) is 68.6 cm³/mol. The van der Waals surface area contributed by atoms with Crippen LogP contribution >= 0.6 is 0 Å². The second-order valence-corrected chi connectivity index (χ2v) is 4.42. The summed E-state index contributed by atoms with van der Waals surface area (Å²) in [4.78, 5) is 12.2. The van der Waals surface area contributed by atoms with E-state index in [1.54, 1.807) is 19.2 Å². The van der Waals surface area contributed by atoms with Crippen LogP contribution in [0.25, 0.3) is 0 Å². The van der Waals surface area contributed by atoms with Gasteiger partial charge in [0.05, 0.1) is 12.8 Å². The van der Waals surface area contributed by atoms with Crippen molar-refractivity contribution in [3.63, 3.8) is 0 Å². The molecule has 5 nitrogen and oxygen atoms in total. The second-order valence-electron chi connectivity index (χ2n) is 4.42. The van der Waals surface area contributed by atoms with Gasteiger partial charge < -0.3 is 20.5 Å². The van der Waals surface area contributed by atoms with Crippen LogP contribution < -0.4 is 15.8 Å². The summed E-state index contributed by atoms with van der Waals surface area (Å²) in [7, 11) is 1.57. The molecule has 0 aromatic heterocycles. The van der Waals surface area contributed by atoms with Crippen LogP contribution in [-0.4, -0.2) is 31.8 Å². The second kappa shape index (κ2) is 5.37. The molecule has 1 amide bonds. The molecule has 1 fully saturated rings. The molecule has 3 N–H and O–H groups in total. The molecule has 0 radical (unpaired) electrons. The van der Waals surface area contributed by atoms with Crippen molar-refractivity contribution in [3.8, 4) is 5.75 Å². The van der Waals surface area contributed by atoms with E-state index in [1.165, 1.54) is 0 Å². The van der Waals surface area contributed by atoms with Crippen LogP contribution in [0.15, 0.2) is 24.3 Å². The number of para-hydroxylation sites is 2. The standard InChI is InChI=1S/C13H18N2O3/c1-17-11-5-3-2-4-10(11)15-12(16)13(14)6-8-18-9-7-13/h2-5H,6-9,14H2,1H3,(H,15,16). The van der Waals surface area contributed by atoms with E-state index >= 15 is 0 Å². The summed E-state index contributed by atoms with van der Waals surface area (Å²) in [6.07, 6.45) is 1.07. The van der Waals surface area contributed by atoms with E-state index < -0.39 is 5.54 Å². The Kier molecular flexibility index (Phi) is 3.84. The topological polar surface area (TPSA) is 73.6 Å². The fourth-order valence-corrected chi connectivity index (χ4v) is 1.96. The summed E-state index contributed by atoms with van der Waals surface area (Å²) in [5, 5.41) is 2.83. The Hall–Kier alpha value is -1.59. The van der Waals surface area contributed by atoms with E-state index in [9.17, 15) is 4.79 Å². The minimum Gasteiger partial charge on any atom is -0.495 e. The van der Waals surface area contributed by atoms with Crippen LogP contribution in [0.3, 0.4) is 0 Å². The minimum atomic E-state index is -0.848. The highest BCUT2D eigenvalue weighted by Gasteiger charge is 2.36. The van der Waals surface area contributed by atoms with E-state index in [4.69, 9.17) is 15.2 Å². The van der Waals surface area contributed by atoms with Gasteiger partial charge in [-0.05, 0) is 25.0 Å². The Morgan fingerprint density at radius 2 is 2.06 bits per heavy atom. The first-order valence-electron chi connectivity index (χ1n) is 5.97. The molecule has 1 aromatic carbocycles. The Balaban J connectivity index is 2.10. The molecular formula is C13H18N2O3. The normalized spacial score (nSPS) is 18.1. The van der Waals surface area contributed by atoms with Crippen molar-refractivity contribution in [2.24, 2.45) is 5.73 Å². The zero-order valence-electron chi connectivity index (χ0n) is 10.4. The minimum absolute atomic E-state index is 0.185. The number of hydrogen-bond donors (Lipinski definition) is 2. The van der Waals surface area contributed by atoms with Gasteiger partial charge in [-0.1, -0.05) is 12.1 Å². The number of amides is 1. The predicted octanol–water partition coefficient (Wildman–Crippen LogP) is 1.14. The summed E-state index contributed by atoms with van der Waals surface area (Å²) in [5.74, 6) is 0.441. The first kappa shape index (κ1) is 12.9. The number of hydrogen-bond acceptors (Lipinski definition) is 4. The van der Waals surface area contributed by atoms with Crippen molar-refractivity contribution < 1.29 is 14.3 Å². The Morgan fingerprint density at radius 3 is 2.72 bits per heavy atom. The molecule has 0 unspecified atom stereocenters. The van der Waals surface area contributed by atoms with Gasteiger partial charge in [0.2, 0.25) is 5.91 Å². The number of nitrogens with one attached hydrogen (secondary N) is 1. The summed E-state index contributed by atoms with van der Waals surface area (Å²) in [6, 6.07) is 7.27. The van der Waals surface area contributed by atoms with Gasteiger partial charge in [0.1, 0.15) is 11.3 Å². The molecule has 98 valence electrons. The lowest BCUT2D eigenvalue weighted by atomic mass is 9.90.